The van der Waals surface area contributed by atoms with E-state index < -0.39 is 24.3 Å². The number of carbonyl (C=O) groups is 2. The molecule has 0 bridgehead atoms. The van der Waals surface area contributed by atoms with Crippen LogP contribution in [-0.2, 0) is 9.53 Å². The molecule has 0 radical (unpaired) electrons. The third-order valence-corrected chi connectivity index (χ3v) is 3.24. The normalized spacial score (nSPS) is 10.1. The quantitative estimate of drug-likeness (QED) is 0.806. The Labute approximate surface area is 143 Å². The summed E-state index contributed by atoms with van der Waals surface area (Å²) in [6.45, 7) is 1.79. The monoisotopic (exact) mass is 351 g/mol. The zero-order valence-electron chi connectivity index (χ0n) is 12.8. The van der Waals surface area contributed by atoms with Crippen molar-refractivity contribution in [2.24, 2.45) is 0 Å². The van der Waals surface area contributed by atoms with Crippen LogP contribution in [0.5, 0.6) is 5.75 Å². The molecule has 0 atom stereocenters. The Balaban J connectivity index is 1.93. The summed E-state index contributed by atoms with van der Waals surface area (Å²) in [4.78, 5) is 23.7. The Morgan fingerprint density at radius 3 is 2.67 bits per heavy atom. The summed E-state index contributed by atoms with van der Waals surface area (Å²) in [6, 6.07) is 10.3. The Hall–Kier alpha value is -2.60. The molecule has 2 rings (SSSR count). The maximum Gasteiger partial charge on any atom is 0.338 e. The predicted octanol–water partition coefficient (Wildman–Crippen LogP) is 3.67. The van der Waals surface area contributed by atoms with E-state index in [1.54, 1.807) is 24.3 Å². The molecule has 126 valence electrons. The molecular formula is C17H15ClFNO4. The van der Waals surface area contributed by atoms with E-state index in [2.05, 4.69) is 5.32 Å². The van der Waals surface area contributed by atoms with Crippen LogP contribution in [0.4, 0.5) is 10.1 Å². The first-order valence-electron chi connectivity index (χ1n) is 7.15. The molecule has 1 N–H and O–H groups in total. The van der Waals surface area contributed by atoms with Gasteiger partial charge >= 0.3 is 5.97 Å². The van der Waals surface area contributed by atoms with Gasteiger partial charge in [-0.05, 0) is 37.3 Å². The number of halogens is 2. The highest BCUT2D eigenvalue weighted by Gasteiger charge is 2.13. The van der Waals surface area contributed by atoms with Crippen molar-refractivity contribution in [3.05, 3.63) is 58.9 Å². The van der Waals surface area contributed by atoms with Crippen LogP contribution < -0.4 is 10.1 Å². The maximum atomic E-state index is 13.1. The Kier molecular flexibility index (Phi) is 6.14. The van der Waals surface area contributed by atoms with Crippen molar-refractivity contribution in [2.75, 3.05) is 18.5 Å². The standard InChI is InChI=1S/C17H15ClFNO4/c1-2-23-15-6-4-3-5-14(15)20-16(21)10-24-17(22)11-7-8-13(19)12(18)9-11/h3-9H,2,10H2,1H3,(H,20,21). The number of anilines is 1. The summed E-state index contributed by atoms with van der Waals surface area (Å²) in [7, 11) is 0. The minimum atomic E-state index is -0.773. The molecule has 0 aliphatic carbocycles. The number of nitrogens with one attached hydrogen (secondary N) is 1. The summed E-state index contributed by atoms with van der Waals surface area (Å²) in [5, 5.41) is 2.40. The molecule has 0 unspecified atom stereocenters. The molecule has 5 nitrogen and oxygen atoms in total. The van der Waals surface area contributed by atoms with Crippen molar-refractivity contribution < 1.29 is 23.5 Å². The van der Waals surface area contributed by atoms with Crippen LogP contribution in [0.1, 0.15) is 17.3 Å². The van der Waals surface area contributed by atoms with Crippen LogP contribution in [0, 0.1) is 5.82 Å². The van der Waals surface area contributed by atoms with Gasteiger partial charge in [-0.1, -0.05) is 23.7 Å². The fraction of sp³-hybridized carbons (Fsp3) is 0.176. The van der Waals surface area contributed by atoms with Crippen molar-refractivity contribution in [1.29, 1.82) is 0 Å². The summed E-state index contributed by atoms with van der Waals surface area (Å²) in [5.41, 5.74) is 0.536. The van der Waals surface area contributed by atoms with E-state index in [1.165, 1.54) is 6.07 Å². The summed E-state index contributed by atoms with van der Waals surface area (Å²) >= 11 is 5.60. The molecule has 24 heavy (non-hydrogen) atoms. The Morgan fingerprint density at radius 1 is 1.21 bits per heavy atom. The van der Waals surface area contributed by atoms with Crippen LogP contribution >= 0.6 is 11.6 Å². The molecule has 0 aliphatic rings. The second kappa shape index (κ2) is 8.31. The zero-order chi connectivity index (χ0) is 17.5. The van der Waals surface area contributed by atoms with Gasteiger partial charge in [-0.25, -0.2) is 9.18 Å². The third kappa shape index (κ3) is 4.70. The minimum absolute atomic E-state index is 0.0592. The van der Waals surface area contributed by atoms with Gasteiger partial charge in [0.25, 0.3) is 5.91 Å². The number of benzene rings is 2. The largest absolute Gasteiger partial charge is 0.492 e. The number of ether oxygens (including phenoxy) is 2. The number of hydrogen-bond acceptors (Lipinski definition) is 4. The zero-order valence-corrected chi connectivity index (χ0v) is 13.6. The average molecular weight is 352 g/mol. The van der Waals surface area contributed by atoms with Gasteiger partial charge in [-0.3, -0.25) is 4.79 Å². The number of amides is 1. The fourth-order valence-electron chi connectivity index (χ4n) is 1.88. The third-order valence-electron chi connectivity index (χ3n) is 2.95. The maximum absolute atomic E-state index is 13.1. The molecule has 0 aliphatic heterocycles. The van der Waals surface area contributed by atoms with Crippen LogP contribution in [0.15, 0.2) is 42.5 Å². The van der Waals surface area contributed by atoms with Crippen molar-refractivity contribution in [1.82, 2.24) is 0 Å². The van der Waals surface area contributed by atoms with Gasteiger partial charge in [0.1, 0.15) is 11.6 Å². The van der Waals surface area contributed by atoms with E-state index in [-0.39, 0.29) is 10.6 Å². The smallest absolute Gasteiger partial charge is 0.338 e. The predicted molar refractivity (Wildman–Crippen MR) is 87.9 cm³/mol. The van der Waals surface area contributed by atoms with Crippen LogP contribution in [-0.4, -0.2) is 25.1 Å². The summed E-state index contributed by atoms with van der Waals surface area (Å²) in [5.74, 6) is -1.42. The second-order valence-electron chi connectivity index (χ2n) is 4.68. The van der Waals surface area contributed by atoms with Gasteiger partial charge in [-0.2, -0.15) is 0 Å². The summed E-state index contributed by atoms with van der Waals surface area (Å²) < 4.78 is 23.3. The van der Waals surface area contributed by atoms with Gasteiger partial charge in [0.05, 0.1) is 22.9 Å². The average Bonchev–Trinajstić information content (AvgIpc) is 2.57. The highest BCUT2D eigenvalue weighted by atomic mass is 35.5. The van der Waals surface area contributed by atoms with Crippen LogP contribution in [0.3, 0.4) is 0 Å². The number of rotatable bonds is 6. The number of hydrogen-bond donors (Lipinski definition) is 1. The van der Waals surface area contributed by atoms with E-state index >= 15 is 0 Å². The van der Waals surface area contributed by atoms with Crippen molar-refractivity contribution in [3.63, 3.8) is 0 Å². The molecule has 7 heteroatoms. The number of esters is 1. The highest BCUT2D eigenvalue weighted by Crippen LogP contribution is 2.23. The van der Waals surface area contributed by atoms with Gasteiger partial charge in [0.2, 0.25) is 0 Å². The molecule has 0 heterocycles. The van der Waals surface area contributed by atoms with E-state index in [9.17, 15) is 14.0 Å². The van der Waals surface area contributed by atoms with E-state index in [1.807, 2.05) is 6.92 Å². The molecule has 0 saturated heterocycles. The van der Waals surface area contributed by atoms with Crippen molar-refractivity contribution in [3.8, 4) is 5.75 Å². The van der Waals surface area contributed by atoms with Crippen molar-refractivity contribution in [2.45, 2.75) is 6.92 Å². The lowest BCUT2D eigenvalue weighted by atomic mass is 10.2. The number of carbonyl (C=O) groups excluding carboxylic acids is 2. The molecular weight excluding hydrogens is 337 g/mol. The molecule has 0 fully saturated rings. The van der Waals surface area contributed by atoms with Crippen LogP contribution in [0.25, 0.3) is 0 Å². The van der Waals surface area contributed by atoms with E-state index in [4.69, 9.17) is 21.1 Å². The highest BCUT2D eigenvalue weighted by molar-refractivity contribution is 6.31. The molecule has 1 amide bonds. The molecule has 0 saturated carbocycles. The summed E-state index contributed by atoms with van der Waals surface area (Å²) in [6.07, 6.45) is 0. The first kappa shape index (κ1) is 17.7. The van der Waals surface area contributed by atoms with E-state index in [0.717, 1.165) is 12.1 Å². The van der Waals surface area contributed by atoms with Gasteiger partial charge in [0.15, 0.2) is 6.61 Å². The molecule has 0 spiro atoms. The van der Waals surface area contributed by atoms with E-state index in [0.29, 0.717) is 18.0 Å². The lowest BCUT2D eigenvalue weighted by molar-refractivity contribution is -0.119. The SMILES string of the molecule is CCOc1ccccc1NC(=O)COC(=O)c1ccc(F)c(Cl)c1. The first-order valence-corrected chi connectivity index (χ1v) is 7.53. The lowest BCUT2D eigenvalue weighted by Crippen LogP contribution is -2.21. The first-order chi connectivity index (χ1) is 11.5. The van der Waals surface area contributed by atoms with Gasteiger partial charge in [-0.15, -0.1) is 0 Å². The molecule has 2 aromatic carbocycles. The molecule has 0 aromatic heterocycles. The van der Waals surface area contributed by atoms with Crippen molar-refractivity contribution >= 4 is 29.2 Å². The Bertz CT molecular complexity index is 751. The second-order valence-corrected chi connectivity index (χ2v) is 5.09. The Morgan fingerprint density at radius 2 is 1.96 bits per heavy atom. The van der Waals surface area contributed by atoms with Crippen LogP contribution in [0.2, 0.25) is 5.02 Å². The van der Waals surface area contributed by atoms with Gasteiger partial charge in [0, 0.05) is 0 Å². The minimum Gasteiger partial charge on any atom is -0.492 e. The molecule has 2 aromatic rings. The van der Waals surface area contributed by atoms with Gasteiger partial charge < -0.3 is 14.8 Å². The fourth-order valence-corrected chi connectivity index (χ4v) is 2.06. The topological polar surface area (TPSA) is 64.6 Å². The lowest BCUT2D eigenvalue weighted by Gasteiger charge is -2.11. The number of para-hydroxylation sites is 2.